The van der Waals surface area contributed by atoms with E-state index in [4.69, 9.17) is 0 Å². The van der Waals surface area contributed by atoms with E-state index in [9.17, 15) is 4.79 Å². The number of aromatic nitrogens is 2. The van der Waals surface area contributed by atoms with Crippen LogP contribution in [-0.2, 0) is 11.3 Å². The molecule has 0 saturated carbocycles. The maximum atomic E-state index is 13.1. The third kappa shape index (κ3) is 3.61. The first kappa shape index (κ1) is 18.5. The van der Waals surface area contributed by atoms with Crippen LogP contribution in [-0.4, -0.2) is 40.5 Å². The minimum atomic E-state index is -0.292. The molecule has 0 N–H and O–H groups in total. The molecule has 1 aliphatic rings. The quantitative estimate of drug-likeness (QED) is 0.669. The van der Waals surface area contributed by atoms with E-state index < -0.39 is 0 Å². The Morgan fingerprint density at radius 2 is 1.79 bits per heavy atom. The number of fused-ring (bicyclic) bond motifs is 1. The number of carbonyl (C=O) groups is 1. The van der Waals surface area contributed by atoms with E-state index in [1.165, 1.54) is 30.5 Å². The molecule has 146 valence electrons. The molecule has 1 amide bonds. The fraction of sp³-hybridized carbons (Fsp3) is 0.391. The Morgan fingerprint density at radius 3 is 2.61 bits per heavy atom. The molecule has 2 aromatic carbocycles. The molecule has 3 aromatic rings. The van der Waals surface area contributed by atoms with Gasteiger partial charge in [-0.2, -0.15) is 0 Å². The standard InChI is InChI=1S/C23H28N4O/c1-18(27-17-24-20-11-5-7-13-22(20)27)23(28)25(2)16-19-10-4-6-12-21(19)26-14-8-3-9-15-26/h4-7,10-13,17-18H,3,8-9,14-16H2,1-2H3. The number of nitrogens with zero attached hydrogens (tertiary/aromatic N) is 4. The van der Waals surface area contributed by atoms with Crippen molar-refractivity contribution in [2.24, 2.45) is 0 Å². The van der Waals surface area contributed by atoms with Crippen molar-refractivity contribution in [2.45, 2.75) is 38.8 Å². The molecule has 5 nitrogen and oxygen atoms in total. The molecular weight excluding hydrogens is 348 g/mol. The molecular formula is C23H28N4O. The van der Waals surface area contributed by atoms with Gasteiger partial charge in [0.15, 0.2) is 0 Å². The highest BCUT2D eigenvalue weighted by molar-refractivity contribution is 5.83. The molecule has 4 rings (SSSR count). The predicted octanol–water partition coefficient (Wildman–Crippen LogP) is 4.25. The molecule has 1 unspecified atom stereocenters. The third-order valence-electron chi connectivity index (χ3n) is 5.73. The Labute approximate surface area is 166 Å². The summed E-state index contributed by atoms with van der Waals surface area (Å²) in [6.07, 6.45) is 5.57. The Morgan fingerprint density at radius 1 is 1.07 bits per heavy atom. The largest absolute Gasteiger partial charge is 0.371 e. The molecule has 0 aliphatic carbocycles. The van der Waals surface area contributed by atoms with Gasteiger partial charge < -0.3 is 14.4 Å². The fourth-order valence-electron chi connectivity index (χ4n) is 4.15. The topological polar surface area (TPSA) is 41.4 Å². The summed E-state index contributed by atoms with van der Waals surface area (Å²) in [7, 11) is 1.89. The molecule has 2 heterocycles. The molecule has 0 spiro atoms. The molecule has 1 saturated heterocycles. The molecule has 0 bridgehead atoms. The summed E-state index contributed by atoms with van der Waals surface area (Å²) in [5, 5.41) is 0. The summed E-state index contributed by atoms with van der Waals surface area (Å²) < 4.78 is 1.96. The summed E-state index contributed by atoms with van der Waals surface area (Å²) in [6.45, 7) is 4.77. The Bertz CT molecular complexity index is 958. The van der Waals surface area contributed by atoms with Gasteiger partial charge in [0.1, 0.15) is 6.04 Å². The number of para-hydroxylation sites is 3. The van der Waals surface area contributed by atoms with Gasteiger partial charge in [0.2, 0.25) is 5.91 Å². The van der Waals surface area contributed by atoms with Crippen LogP contribution in [0.25, 0.3) is 11.0 Å². The van der Waals surface area contributed by atoms with Crippen LogP contribution >= 0.6 is 0 Å². The lowest BCUT2D eigenvalue weighted by Gasteiger charge is -2.32. The normalized spacial score (nSPS) is 15.6. The Kier molecular flexibility index (Phi) is 5.33. The number of hydrogen-bond acceptors (Lipinski definition) is 3. The number of amides is 1. The maximum Gasteiger partial charge on any atom is 0.245 e. The van der Waals surface area contributed by atoms with Crippen LogP contribution in [0.3, 0.4) is 0 Å². The number of rotatable bonds is 5. The van der Waals surface area contributed by atoms with E-state index in [1.54, 1.807) is 6.33 Å². The SMILES string of the molecule is CC(C(=O)N(C)Cc1ccccc1N1CCCCC1)n1cnc2ccccc21. The van der Waals surface area contributed by atoms with Gasteiger partial charge in [0, 0.05) is 32.4 Å². The average Bonchev–Trinajstić information content (AvgIpc) is 3.18. The summed E-state index contributed by atoms with van der Waals surface area (Å²) in [5.74, 6) is 0.0941. The summed E-state index contributed by atoms with van der Waals surface area (Å²) in [5.41, 5.74) is 4.39. The highest BCUT2D eigenvalue weighted by Gasteiger charge is 2.22. The molecule has 0 radical (unpaired) electrons. The lowest BCUT2D eigenvalue weighted by atomic mass is 10.1. The summed E-state index contributed by atoms with van der Waals surface area (Å²) in [6, 6.07) is 16.1. The van der Waals surface area contributed by atoms with Gasteiger partial charge in [-0.25, -0.2) is 4.98 Å². The first-order valence-corrected chi connectivity index (χ1v) is 10.1. The van der Waals surface area contributed by atoms with Crippen molar-refractivity contribution in [3.63, 3.8) is 0 Å². The number of benzene rings is 2. The van der Waals surface area contributed by atoms with Crippen molar-refractivity contribution in [1.29, 1.82) is 0 Å². The number of likely N-dealkylation sites (N-methyl/N-ethyl adjacent to an activating group) is 1. The number of piperidine rings is 1. The van der Waals surface area contributed by atoms with E-state index >= 15 is 0 Å². The minimum absolute atomic E-state index is 0.0941. The number of imidazole rings is 1. The minimum Gasteiger partial charge on any atom is -0.371 e. The van der Waals surface area contributed by atoms with Crippen LogP contribution in [0.2, 0.25) is 0 Å². The zero-order valence-corrected chi connectivity index (χ0v) is 16.7. The van der Waals surface area contributed by atoms with Crippen LogP contribution in [0, 0.1) is 0 Å². The highest BCUT2D eigenvalue weighted by atomic mass is 16.2. The van der Waals surface area contributed by atoms with Crippen molar-refractivity contribution < 1.29 is 4.79 Å². The highest BCUT2D eigenvalue weighted by Crippen LogP contribution is 2.26. The number of anilines is 1. The van der Waals surface area contributed by atoms with Gasteiger partial charge in [0.25, 0.3) is 0 Å². The first-order valence-electron chi connectivity index (χ1n) is 10.1. The lowest BCUT2D eigenvalue weighted by molar-refractivity contribution is -0.133. The number of carbonyl (C=O) groups excluding carboxylic acids is 1. The fourth-order valence-corrected chi connectivity index (χ4v) is 4.15. The van der Waals surface area contributed by atoms with E-state index in [0.717, 1.165) is 24.1 Å². The van der Waals surface area contributed by atoms with Gasteiger partial charge >= 0.3 is 0 Å². The van der Waals surface area contributed by atoms with Crippen molar-refractivity contribution >= 4 is 22.6 Å². The lowest BCUT2D eigenvalue weighted by Crippen LogP contribution is -2.34. The average molecular weight is 377 g/mol. The van der Waals surface area contributed by atoms with Crippen molar-refractivity contribution in [3.05, 3.63) is 60.4 Å². The monoisotopic (exact) mass is 376 g/mol. The zero-order valence-electron chi connectivity index (χ0n) is 16.7. The van der Waals surface area contributed by atoms with Crippen molar-refractivity contribution in [1.82, 2.24) is 14.5 Å². The van der Waals surface area contributed by atoms with Crippen LogP contribution in [0.4, 0.5) is 5.69 Å². The maximum absolute atomic E-state index is 13.1. The Balaban J connectivity index is 1.52. The molecule has 1 atom stereocenters. The van der Waals surface area contributed by atoms with E-state index in [2.05, 4.69) is 34.1 Å². The van der Waals surface area contributed by atoms with Crippen molar-refractivity contribution in [2.75, 3.05) is 25.0 Å². The van der Waals surface area contributed by atoms with Crippen LogP contribution in [0.5, 0.6) is 0 Å². The second-order valence-electron chi connectivity index (χ2n) is 7.69. The second kappa shape index (κ2) is 8.05. The van der Waals surface area contributed by atoms with Crippen LogP contribution < -0.4 is 4.90 Å². The van der Waals surface area contributed by atoms with Gasteiger partial charge in [0.05, 0.1) is 17.4 Å². The van der Waals surface area contributed by atoms with Crippen LogP contribution in [0.1, 0.15) is 37.8 Å². The van der Waals surface area contributed by atoms with E-state index in [-0.39, 0.29) is 11.9 Å². The summed E-state index contributed by atoms with van der Waals surface area (Å²) in [4.78, 5) is 21.9. The van der Waals surface area contributed by atoms with Gasteiger partial charge in [-0.3, -0.25) is 4.79 Å². The van der Waals surface area contributed by atoms with Gasteiger partial charge in [-0.05, 0) is 49.9 Å². The summed E-state index contributed by atoms with van der Waals surface area (Å²) >= 11 is 0. The van der Waals surface area contributed by atoms with E-state index in [0.29, 0.717) is 6.54 Å². The molecule has 1 aromatic heterocycles. The molecule has 1 aliphatic heterocycles. The van der Waals surface area contributed by atoms with Crippen LogP contribution in [0.15, 0.2) is 54.9 Å². The number of hydrogen-bond donors (Lipinski definition) is 0. The molecule has 1 fully saturated rings. The smallest absolute Gasteiger partial charge is 0.245 e. The zero-order chi connectivity index (χ0) is 19.5. The predicted molar refractivity (Wildman–Crippen MR) is 113 cm³/mol. The Hall–Kier alpha value is -2.82. The van der Waals surface area contributed by atoms with Gasteiger partial charge in [-0.15, -0.1) is 0 Å². The molecule has 28 heavy (non-hydrogen) atoms. The third-order valence-corrected chi connectivity index (χ3v) is 5.73. The van der Waals surface area contributed by atoms with E-state index in [1.807, 2.05) is 47.7 Å². The van der Waals surface area contributed by atoms with Gasteiger partial charge in [-0.1, -0.05) is 30.3 Å². The molecule has 5 heteroatoms. The van der Waals surface area contributed by atoms with Crippen molar-refractivity contribution in [3.8, 4) is 0 Å². The first-order chi connectivity index (χ1) is 13.6. The second-order valence-corrected chi connectivity index (χ2v) is 7.69.